The molecule has 1 heterocycles. The Labute approximate surface area is 278 Å². The fourth-order valence-corrected chi connectivity index (χ4v) is 3.55. The molecule has 0 aliphatic carbocycles. The van der Waals surface area contributed by atoms with E-state index in [0.717, 1.165) is 10.5 Å². The number of aromatic amines is 1. The van der Waals surface area contributed by atoms with Crippen LogP contribution in [-0.2, 0) is 26.2 Å². The molecule has 0 spiro atoms. The number of imidazole rings is 1. The Morgan fingerprint density at radius 3 is 2.00 bits per heavy atom. The van der Waals surface area contributed by atoms with E-state index < -0.39 is 29.8 Å². The topological polar surface area (TPSA) is 242 Å². The molecule has 0 saturated carbocycles. The number of aromatic nitrogens is 2. The average molecular weight is 665 g/mol. The fraction of sp³-hybridized carbons (Fsp3) is 0.548. The van der Waals surface area contributed by atoms with Gasteiger partial charge in [0.25, 0.3) is 0 Å². The van der Waals surface area contributed by atoms with Gasteiger partial charge in [0, 0.05) is 25.5 Å². The van der Waals surface area contributed by atoms with E-state index in [1.807, 2.05) is 56.8 Å². The van der Waals surface area contributed by atoms with Gasteiger partial charge in [0.15, 0.2) is 10.7 Å². The van der Waals surface area contributed by atoms with Crippen molar-refractivity contribution in [1.29, 1.82) is 0 Å². The molecule has 0 aliphatic rings. The highest BCUT2D eigenvalue weighted by Crippen LogP contribution is 2.01. The zero-order chi connectivity index (χ0) is 35.5. The normalized spacial score (nSPS) is 11.0. The van der Waals surface area contributed by atoms with Crippen LogP contribution >= 0.6 is 12.2 Å². The van der Waals surface area contributed by atoms with Crippen molar-refractivity contribution in [2.45, 2.75) is 78.8 Å². The minimum atomic E-state index is -0.821. The molecule has 0 aliphatic heterocycles. The van der Waals surface area contributed by atoms with Crippen molar-refractivity contribution >= 4 is 41.7 Å². The molecule has 260 valence electrons. The predicted molar refractivity (Wildman–Crippen MR) is 187 cm³/mol. The number of benzene rings is 1. The number of hydrogen-bond donors (Lipinski definition) is 8. The monoisotopic (exact) mass is 664 g/mol. The number of aliphatic imine (C=N–C) groups is 1. The van der Waals surface area contributed by atoms with Crippen LogP contribution in [0.4, 0.5) is 0 Å². The number of unbranched alkanes of at least 4 members (excludes halogenated alkanes) is 1. The molecule has 0 bridgehead atoms. The van der Waals surface area contributed by atoms with Gasteiger partial charge >= 0.3 is 0 Å². The number of nitrogens with zero attached hydrogens (tertiary/aromatic N) is 2. The highest BCUT2D eigenvalue weighted by Gasteiger charge is 2.21. The van der Waals surface area contributed by atoms with Crippen LogP contribution < -0.4 is 38.9 Å². The van der Waals surface area contributed by atoms with Crippen LogP contribution in [0.2, 0.25) is 0 Å². The van der Waals surface area contributed by atoms with Crippen LogP contribution in [0, 0.1) is 18.6 Å². The van der Waals surface area contributed by atoms with Gasteiger partial charge < -0.3 is 48.4 Å². The summed E-state index contributed by atoms with van der Waals surface area (Å²) in [6.07, 6.45) is 4.44. The number of aryl methyl sites for hydroxylation is 2. The van der Waals surface area contributed by atoms with Crippen molar-refractivity contribution in [2.24, 2.45) is 35.0 Å². The first-order valence-electron chi connectivity index (χ1n) is 15.4. The number of carbonyl (C=O) groups is 4. The summed E-state index contributed by atoms with van der Waals surface area (Å²) in [4.78, 5) is 54.0. The number of ketones is 1. The summed E-state index contributed by atoms with van der Waals surface area (Å²) in [5.74, 6) is -1.74. The van der Waals surface area contributed by atoms with E-state index in [2.05, 4.69) is 45.0 Å². The van der Waals surface area contributed by atoms with Crippen LogP contribution in [0.15, 0.2) is 41.5 Å². The summed E-state index contributed by atoms with van der Waals surface area (Å²) >= 11 is 4.88. The van der Waals surface area contributed by atoms with E-state index in [-0.39, 0.29) is 24.8 Å². The second-order valence-corrected chi connectivity index (χ2v) is 10.4. The van der Waals surface area contributed by atoms with Crippen molar-refractivity contribution in [3.8, 4) is 0 Å². The number of H-pyrrole nitrogens is 1. The van der Waals surface area contributed by atoms with Crippen LogP contribution in [0.25, 0.3) is 0 Å². The Morgan fingerprint density at radius 1 is 0.957 bits per heavy atom. The number of guanidine groups is 1. The van der Waals surface area contributed by atoms with Crippen molar-refractivity contribution in [3.05, 3.63) is 52.6 Å². The third kappa shape index (κ3) is 23.3. The van der Waals surface area contributed by atoms with Crippen molar-refractivity contribution in [2.75, 3.05) is 26.2 Å². The third-order valence-electron chi connectivity index (χ3n) is 6.02. The van der Waals surface area contributed by atoms with E-state index >= 15 is 0 Å². The number of nitrogens with two attached hydrogens (primary N) is 4. The first-order chi connectivity index (χ1) is 21.8. The number of amides is 3. The molecule has 0 radical (unpaired) electrons. The van der Waals surface area contributed by atoms with E-state index in [1.54, 1.807) is 0 Å². The largest absolute Gasteiger partial charge is 0.370 e. The average Bonchev–Trinajstić information content (AvgIpc) is 3.32. The Kier molecular flexibility index (Phi) is 26.1. The molecule has 12 N–H and O–H groups in total. The highest BCUT2D eigenvalue weighted by atomic mass is 32.1. The number of rotatable bonds is 15. The third-order valence-corrected chi connectivity index (χ3v) is 6.41. The van der Waals surface area contributed by atoms with Crippen LogP contribution in [-0.4, -0.2) is 77.3 Å². The number of Topliss-reactive ketones (excluding diaryl/α,β-unsaturated/α-hetero) is 1. The van der Waals surface area contributed by atoms with Crippen LogP contribution in [0.5, 0.6) is 0 Å². The van der Waals surface area contributed by atoms with E-state index in [4.69, 9.17) is 35.2 Å². The van der Waals surface area contributed by atoms with Crippen LogP contribution in [0.1, 0.15) is 64.1 Å². The molecule has 0 fully saturated rings. The minimum absolute atomic E-state index is 0.0342. The summed E-state index contributed by atoms with van der Waals surface area (Å²) in [6.45, 7) is 9.81. The molecule has 46 heavy (non-hydrogen) atoms. The maximum atomic E-state index is 12.2. The lowest BCUT2D eigenvalue weighted by molar-refractivity contribution is -0.130. The molecule has 1 aromatic heterocycles. The number of hydrogen-bond acceptors (Lipinski definition) is 8. The first-order valence-corrected chi connectivity index (χ1v) is 15.8. The summed E-state index contributed by atoms with van der Waals surface area (Å²) in [7, 11) is 1.94. The van der Waals surface area contributed by atoms with Gasteiger partial charge in [0.2, 0.25) is 17.7 Å². The first kappa shape index (κ1) is 44.0. The standard InChI is InChI=1S/C17H34N8O4.C7H8.C5H8N2S.C2H6/c1-11(26)9-23-16(29)13(6-2-3-7-18)25-14(27)10-24-15(28)12(19)5-4-8-22-17(20)21;1-7-5-3-2-4-6-7;1-4-3-6-5(8)7(4)2;1-2/h12-13H,2-10,18-19H2,1H3,(H,23,29)(H,24,28)(H,25,27)(H4,20,21,22);2-6H,1H3;3H,1-2H3,(H,6,8);1-2H3. The Hall–Kier alpha value is -4.08. The van der Waals surface area contributed by atoms with Gasteiger partial charge in [-0.25, -0.2) is 0 Å². The zero-order valence-electron chi connectivity index (χ0n) is 28.2. The molecule has 3 amide bonds. The van der Waals surface area contributed by atoms with Gasteiger partial charge in [0.05, 0.1) is 19.1 Å². The molecule has 2 aromatic rings. The summed E-state index contributed by atoms with van der Waals surface area (Å²) in [6, 6.07) is 8.63. The molecule has 15 heteroatoms. The maximum Gasteiger partial charge on any atom is 0.242 e. The van der Waals surface area contributed by atoms with Gasteiger partial charge in [-0.05, 0) is 71.6 Å². The van der Waals surface area contributed by atoms with Crippen molar-refractivity contribution in [3.63, 3.8) is 0 Å². The molecule has 0 saturated heterocycles. The van der Waals surface area contributed by atoms with E-state index in [1.165, 1.54) is 12.5 Å². The van der Waals surface area contributed by atoms with E-state index in [0.29, 0.717) is 45.2 Å². The second-order valence-electron chi connectivity index (χ2n) is 10.0. The van der Waals surface area contributed by atoms with Gasteiger partial charge in [-0.3, -0.25) is 24.2 Å². The van der Waals surface area contributed by atoms with Crippen LogP contribution in [0.3, 0.4) is 0 Å². The molecular formula is C31H56N10O4S. The lowest BCUT2D eigenvalue weighted by Crippen LogP contribution is -2.51. The molecule has 14 nitrogen and oxygen atoms in total. The minimum Gasteiger partial charge on any atom is -0.370 e. The lowest BCUT2D eigenvalue weighted by atomic mass is 10.1. The zero-order valence-corrected chi connectivity index (χ0v) is 29.0. The Morgan fingerprint density at radius 2 is 1.57 bits per heavy atom. The molecular weight excluding hydrogens is 608 g/mol. The van der Waals surface area contributed by atoms with Gasteiger partial charge in [0.1, 0.15) is 11.8 Å². The second kappa shape index (κ2) is 27.2. The SMILES string of the molecule is CC.CC(=O)CNC(=O)C(CCCCN)NC(=O)CNC(=O)C(N)CCCN=C(N)N.Cc1c[nH]c(=S)n1C.Cc1ccccc1. The molecule has 2 atom stereocenters. The molecule has 2 rings (SSSR count). The molecule has 1 aromatic carbocycles. The van der Waals surface area contributed by atoms with Gasteiger partial charge in [-0.2, -0.15) is 0 Å². The Balaban J connectivity index is 0. The summed E-state index contributed by atoms with van der Waals surface area (Å²) in [5, 5.41) is 7.44. The smallest absolute Gasteiger partial charge is 0.242 e. The van der Waals surface area contributed by atoms with Crippen molar-refractivity contribution in [1.82, 2.24) is 25.5 Å². The highest BCUT2D eigenvalue weighted by molar-refractivity contribution is 7.71. The quantitative estimate of drug-likeness (QED) is 0.0590. The van der Waals surface area contributed by atoms with E-state index in [9.17, 15) is 19.2 Å². The van der Waals surface area contributed by atoms with Gasteiger partial charge in [-0.1, -0.05) is 49.7 Å². The number of nitrogens with one attached hydrogen (secondary N) is 4. The van der Waals surface area contributed by atoms with Crippen molar-refractivity contribution < 1.29 is 19.2 Å². The summed E-state index contributed by atoms with van der Waals surface area (Å²) < 4.78 is 2.71. The fourth-order valence-electron chi connectivity index (χ4n) is 3.35. The summed E-state index contributed by atoms with van der Waals surface area (Å²) in [5.41, 5.74) is 24.1. The maximum absolute atomic E-state index is 12.2. The lowest BCUT2D eigenvalue weighted by Gasteiger charge is -2.19. The Bertz CT molecular complexity index is 1230. The molecule has 2 unspecified atom stereocenters. The predicted octanol–water partition coefficient (Wildman–Crippen LogP) is 1.21. The number of carbonyl (C=O) groups excluding carboxylic acids is 4. The van der Waals surface area contributed by atoms with Gasteiger partial charge in [-0.15, -0.1) is 0 Å².